The van der Waals surface area contributed by atoms with Gasteiger partial charge in [-0.05, 0) is 42.2 Å². The number of nitrogens with zero attached hydrogens (tertiary/aromatic N) is 3. The molecule has 0 radical (unpaired) electrons. The molecule has 9 heteroatoms. The molecule has 2 heterocycles. The molecule has 0 atom stereocenters. The van der Waals surface area contributed by atoms with Crippen molar-refractivity contribution < 1.29 is 9.53 Å². The third-order valence-electron chi connectivity index (χ3n) is 5.26. The normalized spacial score (nSPS) is 11.2. The number of nitrogen functional groups attached to an aromatic ring is 1. The summed E-state index contributed by atoms with van der Waals surface area (Å²) < 4.78 is 8.40. The molecule has 3 rings (SSSR count). The van der Waals surface area contributed by atoms with Crippen molar-refractivity contribution in [2.75, 3.05) is 30.9 Å². The Hall–Kier alpha value is -3.59. The number of aromatic amines is 1. The largest absolute Gasteiger partial charge is 0.385 e. The quantitative estimate of drug-likeness (QED) is 0.457. The van der Waals surface area contributed by atoms with Gasteiger partial charge in [-0.1, -0.05) is 26.0 Å². The first-order valence-corrected chi connectivity index (χ1v) is 11.0. The van der Waals surface area contributed by atoms with Crippen LogP contribution in [0.5, 0.6) is 0 Å². The molecule has 0 aliphatic rings. The first-order valence-electron chi connectivity index (χ1n) is 11.0. The number of H-pyrrole nitrogens is 1. The predicted molar refractivity (Wildman–Crippen MR) is 129 cm³/mol. The molecule has 3 aromatic rings. The zero-order valence-corrected chi connectivity index (χ0v) is 19.3. The number of carbonyl (C=O) groups excluding carboxylic acids is 1. The second-order valence-corrected chi connectivity index (χ2v) is 8.32. The van der Waals surface area contributed by atoms with Gasteiger partial charge in [0.05, 0.1) is 6.42 Å². The summed E-state index contributed by atoms with van der Waals surface area (Å²) in [5.41, 5.74) is 6.79. The summed E-state index contributed by atoms with van der Waals surface area (Å²) in [6.07, 6.45) is 4.48. The summed E-state index contributed by atoms with van der Waals surface area (Å²) in [5, 5.41) is 0. The van der Waals surface area contributed by atoms with Crippen LogP contribution in [0.2, 0.25) is 0 Å². The standard InChI is InChI=1S/C24H31N5O4/c1-17(2)16-29-22(25)21(23(31)26-24(29)32)28(13-6-14-33-3)20(30)15-18-7-9-19(10-8-18)27-11-4-5-12-27/h4-5,7-12,17H,6,13-16,25H2,1-3H3,(H,26,31,32). The van der Waals surface area contributed by atoms with Crippen LogP contribution in [-0.4, -0.2) is 40.3 Å². The number of nitrogens with one attached hydrogen (secondary N) is 1. The summed E-state index contributed by atoms with van der Waals surface area (Å²) in [6, 6.07) is 11.5. The molecular formula is C24H31N5O4. The molecule has 33 heavy (non-hydrogen) atoms. The highest BCUT2D eigenvalue weighted by molar-refractivity contribution is 5.96. The van der Waals surface area contributed by atoms with Gasteiger partial charge in [0.1, 0.15) is 5.82 Å². The SMILES string of the molecule is COCCCN(C(=O)Cc1ccc(-n2cccc2)cc1)c1c(N)n(CC(C)C)c(=O)[nH]c1=O. The molecule has 1 amide bonds. The molecule has 3 N–H and O–H groups in total. The lowest BCUT2D eigenvalue weighted by molar-refractivity contribution is -0.118. The van der Waals surface area contributed by atoms with E-state index in [0.717, 1.165) is 11.3 Å². The molecule has 0 aliphatic carbocycles. The summed E-state index contributed by atoms with van der Waals surface area (Å²) in [4.78, 5) is 42.1. The van der Waals surface area contributed by atoms with Crippen LogP contribution in [0, 0.1) is 5.92 Å². The third kappa shape index (κ3) is 5.81. The molecule has 9 nitrogen and oxygen atoms in total. The average molecular weight is 454 g/mol. The molecule has 0 aliphatic heterocycles. The monoisotopic (exact) mass is 453 g/mol. The first kappa shape index (κ1) is 24.1. The van der Waals surface area contributed by atoms with Gasteiger partial charge in [-0.25, -0.2) is 4.79 Å². The highest BCUT2D eigenvalue weighted by Crippen LogP contribution is 2.20. The minimum Gasteiger partial charge on any atom is -0.385 e. The van der Waals surface area contributed by atoms with E-state index in [0.29, 0.717) is 19.6 Å². The smallest absolute Gasteiger partial charge is 0.330 e. The van der Waals surface area contributed by atoms with E-state index in [-0.39, 0.29) is 36.3 Å². The second kappa shape index (κ2) is 10.8. The van der Waals surface area contributed by atoms with E-state index in [1.165, 1.54) is 9.47 Å². The Morgan fingerprint density at radius 2 is 1.82 bits per heavy atom. The van der Waals surface area contributed by atoms with E-state index in [1.54, 1.807) is 7.11 Å². The molecular weight excluding hydrogens is 422 g/mol. The van der Waals surface area contributed by atoms with E-state index < -0.39 is 11.2 Å². The minimum atomic E-state index is -0.675. The Labute approximate surface area is 192 Å². The predicted octanol–water partition coefficient (Wildman–Crippen LogP) is 2.18. The first-order chi connectivity index (χ1) is 15.8. The highest BCUT2D eigenvalue weighted by atomic mass is 16.5. The number of hydrogen-bond acceptors (Lipinski definition) is 5. The van der Waals surface area contributed by atoms with Gasteiger partial charge in [-0.3, -0.25) is 19.1 Å². The van der Waals surface area contributed by atoms with Crippen molar-refractivity contribution in [2.24, 2.45) is 5.92 Å². The van der Waals surface area contributed by atoms with E-state index in [2.05, 4.69) is 4.98 Å². The van der Waals surface area contributed by atoms with Gasteiger partial charge in [-0.15, -0.1) is 0 Å². The molecule has 176 valence electrons. The zero-order chi connectivity index (χ0) is 24.0. The van der Waals surface area contributed by atoms with E-state index in [4.69, 9.17) is 10.5 Å². The Balaban J connectivity index is 1.92. The molecule has 0 bridgehead atoms. The van der Waals surface area contributed by atoms with Gasteiger partial charge in [0.15, 0.2) is 5.69 Å². The molecule has 2 aromatic heterocycles. The van der Waals surface area contributed by atoms with E-state index in [1.807, 2.05) is 67.2 Å². The lowest BCUT2D eigenvalue weighted by Crippen LogP contribution is -2.42. The van der Waals surface area contributed by atoms with Gasteiger partial charge < -0.3 is 19.9 Å². The lowest BCUT2D eigenvalue weighted by Gasteiger charge is -2.25. The summed E-state index contributed by atoms with van der Waals surface area (Å²) >= 11 is 0. The number of methoxy groups -OCH3 is 1. The van der Waals surface area contributed by atoms with Crippen molar-refractivity contribution in [3.05, 3.63) is 75.2 Å². The Bertz CT molecular complexity index is 1180. The fourth-order valence-corrected chi connectivity index (χ4v) is 3.68. The van der Waals surface area contributed by atoms with E-state index in [9.17, 15) is 14.4 Å². The van der Waals surface area contributed by atoms with Crippen molar-refractivity contribution in [1.29, 1.82) is 0 Å². The number of carbonyl (C=O) groups is 1. The zero-order valence-electron chi connectivity index (χ0n) is 19.3. The maximum atomic E-state index is 13.3. The van der Waals surface area contributed by atoms with Gasteiger partial charge >= 0.3 is 5.69 Å². The molecule has 0 fully saturated rings. The number of aromatic nitrogens is 3. The summed E-state index contributed by atoms with van der Waals surface area (Å²) in [6.45, 7) is 4.86. The van der Waals surface area contributed by atoms with Gasteiger partial charge in [0.25, 0.3) is 5.56 Å². The highest BCUT2D eigenvalue weighted by Gasteiger charge is 2.24. The number of anilines is 2. The minimum absolute atomic E-state index is 0.000291. The van der Waals surface area contributed by atoms with Crippen LogP contribution >= 0.6 is 0 Å². The topological polar surface area (TPSA) is 115 Å². The molecule has 0 saturated carbocycles. The number of amides is 1. The number of rotatable bonds is 10. The van der Waals surface area contributed by atoms with Crippen molar-refractivity contribution >= 4 is 17.4 Å². The molecule has 0 unspecified atom stereocenters. The molecule has 0 saturated heterocycles. The van der Waals surface area contributed by atoms with Crippen LogP contribution < -0.4 is 21.9 Å². The molecule has 0 spiro atoms. The fraction of sp³-hybridized carbons (Fsp3) is 0.375. The van der Waals surface area contributed by atoms with Crippen LogP contribution in [-0.2, 0) is 22.5 Å². The van der Waals surface area contributed by atoms with Crippen LogP contribution in [0.4, 0.5) is 11.5 Å². The maximum Gasteiger partial charge on any atom is 0.330 e. The van der Waals surface area contributed by atoms with Crippen LogP contribution in [0.15, 0.2) is 58.4 Å². The van der Waals surface area contributed by atoms with Crippen molar-refractivity contribution in [3.8, 4) is 5.69 Å². The fourth-order valence-electron chi connectivity index (χ4n) is 3.68. The number of nitrogens with two attached hydrogens (primary N) is 1. The Kier molecular flexibility index (Phi) is 7.89. The van der Waals surface area contributed by atoms with Gasteiger partial charge in [0, 0.05) is 44.9 Å². The number of ether oxygens (including phenoxy) is 1. The number of hydrogen-bond donors (Lipinski definition) is 2. The second-order valence-electron chi connectivity index (χ2n) is 8.32. The van der Waals surface area contributed by atoms with Gasteiger partial charge in [-0.2, -0.15) is 0 Å². The van der Waals surface area contributed by atoms with Crippen LogP contribution in [0.1, 0.15) is 25.8 Å². The maximum absolute atomic E-state index is 13.3. The number of benzene rings is 1. The van der Waals surface area contributed by atoms with E-state index >= 15 is 0 Å². The van der Waals surface area contributed by atoms with Crippen LogP contribution in [0.25, 0.3) is 5.69 Å². The van der Waals surface area contributed by atoms with Crippen molar-refractivity contribution in [3.63, 3.8) is 0 Å². The van der Waals surface area contributed by atoms with Crippen molar-refractivity contribution in [1.82, 2.24) is 14.1 Å². The van der Waals surface area contributed by atoms with Crippen LogP contribution in [0.3, 0.4) is 0 Å². The Morgan fingerprint density at radius 3 is 2.42 bits per heavy atom. The van der Waals surface area contributed by atoms with Gasteiger partial charge in [0.2, 0.25) is 5.91 Å². The summed E-state index contributed by atoms with van der Waals surface area (Å²) in [7, 11) is 1.57. The Morgan fingerprint density at radius 1 is 1.15 bits per heavy atom. The third-order valence-corrected chi connectivity index (χ3v) is 5.26. The lowest BCUT2D eigenvalue weighted by atomic mass is 10.1. The van der Waals surface area contributed by atoms with Crippen molar-refractivity contribution in [2.45, 2.75) is 33.2 Å². The summed E-state index contributed by atoms with van der Waals surface area (Å²) in [5.74, 6) is -0.168. The average Bonchev–Trinajstić information content (AvgIpc) is 3.31. The molecule has 1 aromatic carbocycles.